The van der Waals surface area contributed by atoms with Crippen LogP contribution in [-0.4, -0.2) is 6.18 Å². The van der Waals surface area contributed by atoms with E-state index >= 15 is 0 Å². The first-order valence-corrected chi connectivity index (χ1v) is 3.94. The molecule has 0 nitrogen and oxygen atoms in total. The fourth-order valence-electron chi connectivity index (χ4n) is 0.834. The van der Waals surface area contributed by atoms with Gasteiger partial charge in [-0.3, -0.25) is 0 Å². The Hall–Kier alpha value is -0.780. The minimum absolute atomic E-state index is 0.326. The maximum absolute atomic E-state index is 12.6. The fourth-order valence-corrected chi connectivity index (χ4v) is 0.983. The quantitative estimate of drug-likeness (QED) is 0.550. The Morgan fingerprint density at radius 1 is 0.857 bits per heavy atom. The zero-order valence-electron chi connectivity index (χ0n) is 6.65. The summed E-state index contributed by atoms with van der Waals surface area (Å²) in [5.74, 6) is -4.81. The normalized spacial score (nSPS) is 13.0. The predicted octanol–water partition coefficient (Wildman–Crippen LogP) is 3.63. The van der Waals surface area contributed by atoms with Crippen molar-refractivity contribution in [3.63, 3.8) is 0 Å². The third-order valence-corrected chi connectivity index (χ3v) is 1.88. The molecular weight excluding hydrogens is 223 g/mol. The molecule has 0 saturated heterocycles. The number of thiol groups is 1. The Morgan fingerprint density at radius 2 is 1.29 bits per heavy atom. The second-order valence-corrected chi connectivity index (χ2v) is 3.14. The van der Waals surface area contributed by atoms with Gasteiger partial charge in [-0.25, -0.2) is 0 Å². The lowest BCUT2D eigenvalue weighted by molar-refractivity contribution is -0.289. The molecule has 0 aliphatic heterocycles. The lowest BCUT2D eigenvalue weighted by Gasteiger charge is -2.19. The van der Waals surface area contributed by atoms with Gasteiger partial charge in [0, 0.05) is 10.5 Å². The molecule has 14 heavy (non-hydrogen) atoms. The van der Waals surface area contributed by atoms with Crippen molar-refractivity contribution in [3.05, 3.63) is 29.8 Å². The third kappa shape index (κ3) is 2.00. The first kappa shape index (κ1) is 11.3. The molecule has 0 N–H and O–H groups in total. The Kier molecular flexibility index (Phi) is 2.76. The molecule has 0 unspecified atom stereocenters. The zero-order valence-corrected chi connectivity index (χ0v) is 7.54. The number of hydrogen-bond acceptors (Lipinski definition) is 1. The third-order valence-electron chi connectivity index (χ3n) is 1.59. The van der Waals surface area contributed by atoms with Crippen LogP contribution in [0.1, 0.15) is 5.56 Å². The van der Waals surface area contributed by atoms with Gasteiger partial charge in [0.15, 0.2) is 0 Å². The molecule has 0 aliphatic carbocycles. The second-order valence-electron chi connectivity index (χ2n) is 2.62. The number of halogens is 5. The highest BCUT2D eigenvalue weighted by molar-refractivity contribution is 7.80. The smallest absolute Gasteiger partial charge is 0.191 e. The van der Waals surface area contributed by atoms with Crippen LogP contribution in [0.2, 0.25) is 0 Å². The first-order valence-electron chi connectivity index (χ1n) is 3.49. The Morgan fingerprint density at radius 3 is 1.64 bits per heavy atom. The Balaban J connectivity index is 3.10. The van der Waals surface area contributed by atoms with E-state index in [1.165, 1.54) is 0 Å². The Bertz CT molecular complexity index is 313. The first-order chi connectivity index (χ1) is 6.25. The molecule has 0 fully saturated rings. The van der Waals surface area contributed by atoms with E-state index in [2.05, 4.69) is 12.6 Å². The van der Waals surface area contributed by atoms with Crippen molar-refractivity contribution in [2.75, 3.05) is 0 Å². The van der Waals surface area contributed by atoms with Crippen molar-refractivity contribution in [2.45, 2.75) is 17.0 Å². The second kappa shape index (κ2) is 3.42. The maximum Gasteiger partial charge on any atom is 0.458 e. The molecular formula is C8H5F5S. The standard InChI is InChI=1S/C8H5F5S/c9-7(10,8(11,12)13)5-1-3-6(14)4-2-5/h1-4,14H. The van der Waals surface area contributed by atoms with E-state index in [0.717, 1.165) is 12.1 Å². The van der Waals surface area contributed by atoms with Crippen molar-refractivity contribution in [1.82, 2.24) is 0 Å². The lowest BCUT2D eigenvalue weighted by atomic mass is 10.1. The highest BCUT2D eigenvalue weighted by Gasteiger charge is 2.58. The van der Waals surface area contributed by atoms with Crippen LogP contribution in [0, 0.1) is 0 Å². The van der Waals surface area contributed by atoms with Gasteiger partial charge >= 0.3 is 12.1 Å². The van der Waals surface area contributed by atoms with E-state index in [1.807, 2.05) is 0 Å². The lowest BCUT2D eigenvalue weighted by Crippen LogP contribution is -2.33. The van der Waals surface area contributed by atoms with E-state index in [4.69, 9.17) is 0 Å². The number of alkyl halides is 5. The SMILES string of the molecule is FC(F)(F)C(F)(F)c1ccc(S)cc1. The highest BCUT2D eigenvalue weighted by atomic mass is 32.1. The summed E-state index contributed by atoms with van der Waals surface area (Å²) >= 11 is 3.77. The molecule has 78 valence electrons. The van der Waals surface area contributed by atoms with E-state index in [9.17, 15) is 22.0 Å². The van der Waals surface area contributed by atoms with Crippen LogP contribution in [0.15, 0.2) is 29.2 Å². The predicted molar refractivity (Wildman–Crippen MR) is 43.6 cm³/mol. The molecule has 0 bridgehead atoms. The van der Waals surface area contributed by atoms with Gasteiger partial charge in [0.1, 0.15) is 0 Å². The molecule has 0 atom stereocenters. The van der Waals surface area contributed by atoms with Gasteiger partial charge in [-0.05, 0) is 12.1 Å². The van der Waals surface area contributed by atoms with E-state index in [0.29, 0.717) is 17.0 Å². The maximum atomic E-state index is 12.6. The molecule has 1 aromatic rings. The molecule has 0 aliphatic rings. The molecule has 1 rings (SSSR count). The van der Waals surface area contributed by atoms with E-state index < -0.39 is 17.7 Å². The van der Waals surface area contributed by atoms with Gasteiger partial charge in [-0.15, -0.1) is 12.6 Å². The summed E-state index contributed by atoms with van der Waals surface area (Å²) in [6.07, 6.45) is -5.56. The van der Waals surface area contributed by atoms with Crippen LogP contribution >= 0.6 is 12.6 Å². The van der Waals surface area contributed by atoms with Gasteiger partial charge in [0.05, 0.1) is 0 Å². The van der Waals surface area contributed by atoms with Gasteiger partial charge in [-0.2, -0.15) is 22.0 Å². The van der Waals surface area contributed by atoms with Crippen LogP contribution in [-0.2, 0) is 5.92 Å². The van der Waals surface area contributed by atoms with Crippen molar-refractivity contribution in [2.24, 2.45) is 0 Å². The van der Waals surface area contributed by atoms with Crippen LogP contribution in [0.3, 0.4) is 0 Å². The minimum atomic E-state index is -5.56. The molecule has 0 aromatic heterocycles. The monoisotopic (exact) mass is 228 g/mol. The topological polar surface area (TPSA) is 0 Å². The molecule has 6 heteroatoms. The largest absolute Gasteiger partial charge is 0.458 e. The van der Waals surface area contributed by atoms with E-state index in [-0.39, 0.29) is 0 Å². The average Bonchev–Trinajstić information content (AvgIpc) is 2.03. The van der Waals surface area contributed by atoms with Gasteiger partial charge in [0.2, 0.25) is 0 Å². The molecule has 0 heterocycles. The van der Waals surface area contributed by atoms with Crippen LogP contribution in [0.4, 0.5) is 22.0 Å². The molecule has 0 saturated carbocycles. The van der Waals surface area contributed by atoms with Gasteiger partial charge in [-0.1, -0.05) is 12.1 Å². The molecule has 0 amide bonds. The van der Waals surface area contributed by atoms with Gasteiger partial charge < -0.3 is 0 Å². The van der Waals surface area contributed by atoms with Crippen molar-refractivity contribution in [3.8, 4) is 0 Å². The summed E-state index contributed by atoms with van der Waals surface area (Å²) in [4.78, 5) is 0.326. The van der Waals surface area contributed by atoms with Crippen molar-refractivity contribution < 1.29 is 22.0 Å². The zero-order chi connectivity index (χ0) is 11.0. The van der Waals surface area contributed by atoms with Crippen molar-refractivity contribution >= 4 is 12.6 Å². The molecule has 1 aromatic carbocycles. The minimum Gasteiger partial charge on any atom is -0.191 e. The van der Waals surface area contributed by atoms with Crippen LogP contribution < -0.4 is 0 Å². The summed E-state index contributed by atoms with van der Waals surface area (Å²) in [6.45, 7) is 0. The fraction of sp³-hybridized carbons (Fsp3) is 0.250. The van der Waals surface area contributed by atoms with E-state index in [1.54, 1.807) is 0 Å². The number of benzene rings is 1. The number of rotatable bonds is 1. The number of hydrogen-bond donors (Lipinski definition) is 1. The molecule has 0 radical (unpaired) electrons. The van der Waals surface area contributed by atoms with Crippen LogP contribution in [0.25, 0.3) is 0 Å². The Labute approximate surface area is 82.1 Å². The van der Waals surface area contributed by atoms with Crippen LogP contribution in [0.5, 0.6) is 0 Å². The highest BCUT2D eigenvalue weighted by Crippen LogP contribution is 2.43. The van der Waals surface area contributed by atoms with Gasteiger partial charge in [0.25, 0.3) is 0 Å². The summed E-state index contributed by atoms with van der Waals surface area (Å²) < 4.78 is 60.8. The molecule has 0 spiro atoms. The summed E-state index contributed by atoms with van der Waals surface area (Å²) in [6, 6.07) is 3.57. The average molecular weight is 228 g/mol. The summed E-state index contributed by atoms with van der Waals surface area (Å²) in [7, 11) is 0. The summed E-state index contributed by atoms with van der Waals surface area (Å²) in [5, 5.41) is 0. The summed E-state index contributed by atoms with van der Waals surface area (Å²) in [5.41, 5.74) is -1.08. The van der Waals surface area contributed by atoms with Crippen molar-refractivity contribution in [1.29, 1.82) is 0 Å².